The first-order valence-corrected chi connectivity index (χ1v) is 37.0. The number of Topliss-reactive ketones (excluding diaryl/α,β-unsaturated/α-hetero) is 2. The lowest BCUT2D eigenvalue weighted by atomic mass is 9.81. The van der Waals surface area contributed by atoms with Gasteiger partial charge >= 0.3 is 12.1 Å². The number of nitrogens with two attached hydrogens (primary N) is 1. The summed E-state index contributed by atoms with van der Waals surface area (Å²) in [6, 6.07) is 13.1. The lowest BCUT2D eigenvalue weighted by Crippen LogP contribution is -2.47. The quantitative estimate of drug-likeness (QED) is 0.0176. The number of hydrogen-bond donors (Lipinski definition) is 4. The molecular formula is C76H101N9O21. The lowest BCUT2D eigenvalue weighted by Gasteiger charge is -2.35. The SMILES string of the molecule is CCc1c2c(nc3ccc(O)cc13)-c1cc3c(c(=O)n1C2)COC(=O)[C@@]3(CC)OC(=O)OCc1ccc(NC(=O)[C@H](CCCCN)CC(=O)COCC(=O)CCCOCCCCCOCCOCCOCCOCCOCCOCCn2cc(CNC(=O)C3CCC(CN4C(=O)C=CC4=O)CC3)nn2)cc1. The van der Waals surface area contributed by atoms with Crippen molar-refractivity contribution >= 4 is 63.9 Å². The fraction of sp³-hybridized carbons (Fsp3) is 0.579. The van der Waals surface area contributed by atoms with Crippen molar-refractivity contribution in [1.82, 2.24) is 34.8 Å². The van der Waals surface area contributed by atoms with Crippen LogP contribution in [0.3, 0.4) is 0 Å². The largest absolute Gasteiger partial charge is 0.510 e. The van der Waals surface area contributed by atoms with Crippen molar-refractivity contribution in [2.45, 2.75) is 149 Å². The topological polar surface area (TPSA) is 377 Å². The van der Waals surface area contributed by atoms with Gasteiger partial charge in [0.05, 0.1) is 121 Å². The third kappa shape index (κ3) is 23.9. The summed E-state index contributed by atoms with van der Waals surface area (Å²) in [5.74, 6) is -2.75. The number of unbranched alkanes of at least 4 members (excludes halogenated alkanes) is 3. The number of rotatable bonds is 50. The van der Waals surface area contributed by atoms with E-state index in [4.69, 9.17) is 62.8 Å². The summed E-state index contributed by atoms with van der Waals surface area (Å²) >= 11 is 0. The second-order valence-electron chi connectivity index (χ2n) is 26.6. The van der Waals surface area contributed by atoms with Crippen LogP contribution in [-0.2, 0) is 131 Å². The average Bonchev–Trinajstić information content (AvgIpc) is 1.49. The fourth-order valence-corrected chi connectivity index (χ4v) is 13.2. The maximum Gasteiger partial charge on any atom is 0.510 e. The molecule has 1 aliphatic carbocycles. The van der Waals surface area contributed by atoms with Crippen LogP contribution in [0.15, 0.2) is 71.7 Å². The Bertz CT molecular complexity index is 3830. The molecule has 5 aromatic rings. The summed E-state index contributed by atoms with van der Waals surface area (Å²) in [6.45, 7) is 10.8. The smallest absolute Gasteiger partial charge is 0.508 e. The molecule has 6 heterocycles. The number of carbonyl (C=O) groups is 8. The maximum atomic E-state index is 14.1. The number of hydrogen-bond acceptors (Lipinski definition) is 25. The molecule has 9 rings (SSSR count). The van der Waals surface area contributed by atoms with Gasteiger partial charge in [-0.25, -0.2) is 19.3 Å². The highest BCUT2D eigenvalue weighted by Crippen LogP contribution is 2.43. The van der Waals surface area contributed by atoms with E-state index in [1.54, 1.807) is 70.9 Å². The van der Waals surface area contributed by atoms with Gasteiger partial charge in [0, 0.05) is 85.4 Å². The fourth-order valence-electron chi connectivity index (χ4n) is 13.2. The number of aromatic hydroxyl groups is 1. The van der Waals surface area contributed by atoms with E-state index in [2.05, 4.69) is 20.9 Å². The molecule has 0 unspecified atom stereocenters. The van der Waals surface area contributed by atoms with Gasteiger partial charge in [-0.05, 0) is 137 Å². The van der Waals surface area contributed by atoms with Crippen molar-refractivity contribution in [1.29, 1.82) is 0 Å². The summed E-state index contributed by atoms with van der Waals surface area (Å²) in [6.07, 6.45) is 11.7. The maximum absolute atomic E-state index is 14.1. The number of phenolic OH excluding ortho intramolecular Hbond substituents is 1. The van der Waals surface area contributed by atoms with Gasteiger partial charge in [0.25, 0.3) is 17.4 Å². The van der Waals surface area contributed by atoms with E-state index >= 15 is 0 Å². The van der Waals surface area contributed by atoms with Crippen LogP contribution in [0.1, 0.15) is 137 Å². The summed E-state index contributed by atoms with van der Waals surface area (Å²) in [4.78, 5) is 123. The highest BCUT2D eigenvalue weighted by atomic mass is 16.7. The van der Waals surface area contributed by atoms with Crippen molar-refractivity contribution in [3.63, 3.8) is 0 Å². The van der Waals surface area contributed by atoms with Crippen LogP contribution in [-0.4, -0.2) is 201 Å². The molecule has 576 valence electrons. The molecule has 106 heavy (non-hydrogen) atoms. The number of pyridine rings is 2. The van der Waals surface area contributed by atoms with Crippen LogP contribution in [0.25, 0.3) is 22.3 Å². The van der Waals surface area contributed by atoms with Gasteiger partial charge in [-0.2, -0.15) is 0 Å². The number of nitrogens with one attached hydrogen (secondary N) is 2. The van der Waals surface area contributed by atoms with Crippen molar-refractivity contribution in [2.75, 3.05) is 124 Å². The molecule has 2 atom stereocenters. The number of carbonyl (C=O) groups excluding carboxylic acids is 8. The van der Waals surface area contributed by atoms with E-state index < -0.39 is 29.2 Å². The van der Waals surface area contributed by atoms with Crippen LogP contribution < -0.4 is 21.9 Å². The first-order chi connectivity index (χ1) is 51.6. The first kappa shape index (κ1) is 81.4. The highest BCUT2D eigenvalue weighted by Gasteiger charge is 2.51. The molecule has 3 aromatic heterocycles. The highest BCUT2D eigenvalue weighted by molar-refractivity contribution is 6.13. The summed E-state index contributed by atoms with van der Waals surface area (Å²) in [7, 11) is 0. The third-order valence-electron chi connectivity index (χ3n) is 19.1. The number of fused-ring (bicyclic) bond motifs is 5. The Morgan fingerprint density at radius 2 is 1.36 bits per heavy atom. The van der Waals surface area contributed by atoms with E-state index in [9.17, 15) is 48.3 Å². The molecule has 0 spiro atoms. The second-order valence-corrected chi connectivity index (χ2v) is 26.6. The van der Waals surface area contributed by atoms with Gasteiger partial charge in [0.15, 0.2) is 11.6 Å². The monoisotopic (exact) mass is 1480 g/mol. The molecule has 0 bridgehead atoms. The number of benzene rings is 2. The van der Waals surface area contributed by atoms with Gasteiger partial charge in [-0.1, -0.05) is 37.6 Å². The standard InChI is InChI=1S/C76H101N9O21/c1-3-61-62-42-58(86)21-22-66(62)80-70-63(61)47-84-67(70)43-65-64(73(84)93)51-104-74(94)76(65,4-2)106-75(95)105-48-53-15-19-56(20-16-53)79-72(92)55(11-6-7-25-77)41-60(88)50-103-49-59(87)12-10-29-96-27-8-5-9-28-97-31-33-99-35-37-101-39-40-102-38-36-100-34-32-98-30-26-83-46-57(81-82-83)44-78-71(91)54-17-13-52(14-18-54)45-85-68(89)23-24-69(85)90/h15-16,19-24,42-43,46,52,54-55,86H,3-14,17-18,25-41,44-45,47-51,77H2,1-2H3,(H,78,91)(H,79,92)/t52?,54?,55-,76+/m1/s1. The van der Waals surface area contributed by atoms with E-state index in [0.717, 1.165) is 48.6 Å². The van der Waals surface area contributed by atoms with E-state index in [1.807, 2.05) is 6.92 Å². The van der Waals surface area contributed by atoms with Crippen molar-refractivity contribution in [3.05, 3.63) is 111 Å². The van der Waals surface area contributed by atoms with Gasteiger partial charge in [-0.3, -0.25) is 38.5 Å². The number of nitrogens with zero attached hydrogens (tertiary/aromatic N) is 6. The summed E-state index contributed by atoms with van der Waals surface area (Å²) in [5, 5.41) is 25.1. The number of ether oxygens (including phenoxy) is 11. The van der Waals surface area contributed by atoms with Gasteiger partial charge in [-0.15, -0.1) is 5.10 Å². The van der Waals surface area contributed by atoms with Crippen LogP contribution >= 0.6 is 0 Å². The zero-order chi connectivity index (χ0) is 75.1. The number of imide groups is 1. The summed E-state index contributed by atoms with van der Waals surface area (Å²) in [5.41, 5.74) is 8.72. The predicted octanol–water partition coefficient (Wildman–Crippen LogP) is 6.64. The summed E-state index contributed by atoms with van der Waals surface area (Å²) < 4.78 is 64.9. The molecule has 30 nitrogen and oxygen atoms in total. The molecule has 2 aromatic carbocycles. The number of aromatic nitrogens is 5. The number of esters is 1. The van der Waals surface area contributed by atoms with Crippen LogP contribution in [0, 0.1) is 17.8 Å². The number of amides is 4. The lowest BCUT2D eigenvalue weighted by molar-refractivity contribution is -0.175. The Labute approximate surface area is 615 Å². The van der Waals surface area contributed by atoms with Crippen molar-refractivity contribution in [3.8, 4) is 17.1 Å². The minimum atomic E-state index is -1.99. The average molecular weight is 1480 g/mol. The number of phenols is 1. The van der Waals surface area contributed by atoms with Crippen molar-refractivity contribution < 1.29 is 95.6 Å². The Morgan fingerprint density at radius 1 is 0.717 bits per heavy atom. The van der Waals surface area contributed by atoms with Crippen LogP contribution in [0.2, 0.25) is 0 Å². The molecule has 3 aliphatic heterocycles. The van der Waals surface area contributed by atoms with E-state index in [-0.39, 0.29) is 123 Å². The molecule has 30 heteroatoms. The van der Waals surface area contributed by atoms with Crippen molar-refractivity contribution in [2.24, 2.45) is 23.5 Å². The molecule has 0 radical (unpaired) electrons. The van der Waals surface area contributed by atoms with Gasteiger partial charge < -0.3 is 78.1 Å². The Balaban J connectivity index is 0.528. The number of aryl methyl sites for hydroxylation is 1. The second kappa shape index (κ2) is 42.6. The normalized spacial score (nSPS) is 16.9. The molecule has 4 amide bonds. The number of cyclic esters (lactones) is 1. The van der Waals surface area contributed by atoms with Crippen LogP contribution in [0.4, 0.5) is 10.5 Å². The molecule has 5 N–H and O–H groups in total. The number of anilines is 1. The van der Waals surface area contributed by atoms with Gasteiger partial charge in [0.2, 0.25) is 17.4 Å². The Kier molecular flexibility index (Phi) is 32.7. The molecule has 0 saturated heterocycles. The minimum absolute atomic E-state index is 0.0237. The molecule has 1 saturated carbocycles. The van der Waals surface area contributed by atoms with E-state index in [1.165, 1.54) is 17.1 Å². The zero-order valence-corrected chi connectivity index (χ0v) is 60.8. The number of ketones is 2. The zero-order valence-electron chi connectivity index (χ0n) is 60.8. The Morgan fingerprint density at radius 3 is 2.02 bits per heavy atom. The Hall–Kier alpha value is -8.72. The first-order valence-electron chi connectivity index (χ1n) is 37.0. The van der Waals surface area contributed by atoms with E-state index in [0.29, 0.717) is 191 Å². The third-order valence-corrected chi connectivity index (χ3v) is 19.1. The molecular weight excluding hydrogens is 1370 g/mol. The van der Waals surface area contributed by atoms with Gasteiger partial charge in [0.1, 0.15) is 37.9 Å². The molecule has 1 fully saturated rings. The van der Waals surface area contributed by atoms with Crippen LogP contribution in [0.5, 0.6) is 5.75 Å². The predicted molar refractivity (Wildman–Crippen MR) is 384 cm³/mol. The minimum Gasteiger partial charge on any atom is -0.508 e. The molecule has 4 aliphatic rings.